The van der Waals surface area contributed by atoms with E-state index in [4.69, 9.17) is 21.1 Å². The van der Waals surface area contributed by atoms with Crippen molar-refractivity contribution in [2.24, 2.45) is 11.8 Å². The molecule has 6 nitrogen and oxygen atoms in total. The van der Waals surface area contributed by atoms with Crippen molar-refractivity contribution in [1.29, 1.82) is 0 Å². The summed E-state index contributed by atoms with van der Waals surface area (Å²) in [4.78, 5) is 7.24. The third-order valence-corrected chi connectivity index (χ3v) is 8.22. The Morgan fingerprint density at radius 2 is 1.94 bits per heavy atom. The molecule has 2 aromatic carbocycles. The number of benzene rings is 2. The van der Waals surface area contributed by atoms with E-state index in [-0.39, 0.29) is 12.1 Å². The van der Waals surface area contributed by atoms with E-state index in [1.165, 1.54) is 12.8 Å². The van der Waals surface area contributed by atoms with Gasteiger partial charge in [-0.2, -0.15) is 0 Å². The summed E-state index contributed by atoms with van der Waals surface area (Å²) in [6.07, 6.45) is 5.23. The Bertz CT molecular complexity index is 1380. The molecule has 0 saturated carbocycles. The molecular weight excluding hydrogens is 460 g/mol. The number of hydrogen-bond acceptors (Lipinski definition) is 6. The fourth-order valence-electron chi connectivity index (χ4n) is 6.08. The number of piperidine rings is 3. The lowest BCUT2D eigenvalue weighted by molar-refractivity contribution is -0.0491. The lowest BCUT2D eigenvalue weighted by atomic mass is 9.72. The van der Waals surface area contributed by atoms with Gasteiger partial charge < -0.3 is 9.47 Å². The van der Waals surface area contributed by atoms with Gasteiger partial charge in [-0.15, -0.1) is 10.2 Å². The topological polar surface area (TPSA) is 60.4 Å². The lowest BCUT2D eigenvalue weighted by Crippen LogP contribution is -2.56. The van der Waals surface area contributed by atoms with Crippen LogP contribution in [-0.4, -0.2) is 46.3 Å². The van der Waals surface area contributed by atoms with Crippen LogP contribution in [0.25, 0.3) is 21.7 Å². The van der Waals surface area contributed by atoms with E-state index in [1.807, 2.05) is 42.6 Å². The van der Waals surface area contributed by atoms with E-state index in [2.05, 4.69) is 39.1 Å². The summed E-state index contributed by atoms with van der Waals surface area (Å²) in [5.74, 6) is 2.79. The molecule has 35 heavy (non-hydrogen) atoms. The average Bonchev–Trinajstić information content (AvgIpc) is 2.92. The van der Waals surface area contributed by atoms with Crippen LogP contribution >= 0.6 is 11.6 Å². The molecule has 0 aliphatic carbocycles. The Morgan fingerprint density at radius 3 is 2.71 bits per heavy atom. The van der Waals surface area contributed by atoms with Gasteiger partial charge in [0.15, 0.2) is 5.15 Å². The van der Waals surface area contributed by atoms with E-state index in [0.717, 1.165) is 64.3 Å². The van der Waals surface area contributed by atoms with Gasteiger partial charge >= 0.3 is 0 Å². The van der Waals surface area contributed by atoms with E-state index < -0.39 is 0 Å². The minimum absolute atomic E-state index is 0.230. The molecule has 0 N–H and O–H groups in total. The zero-order chi connectivity index (χ0) is 23.9. The standard InChI is InChI=1S/C28H29ClN4O2/c1-3-17-16-33-13-11-18(17)14-25(33)26(20-10-12-30-24-9-8-19(34-2)15-23(20)24)35-28-22-7-5-4-6-21(22)27(29)31-32-28/h4-10,12,15,17-18,25-26H,3,11,13-14,16H2,1-2H3/t17-,18-,25-,26+/m0/s1. The van der Waals surface area contributed by atoms with Crippen molar-refractivity contribution < 1.29 is 9.47 Å². The molecule has 3 fully saturated rings. The van der Waals surface area contributed by atoms with Gasteiger partial charge in [0.2, 0.25) is 5.88 Å². The first-order valence-corrected chi connectivity index (χ1v) is 12.8. The number of fused-ring (bicyclic) bond motifs is 5. The molecule has 2 bridgehead atoms. The summed E-state index contributed by atoms with van der Waals surface area (Å²) in [5, 5.41) is 11.8. The Hall–Kier alpha value is -2.96. The number of pyridine rings is 1. The van der Waals surface area contributed by atoms with Crippen LogP contribution < -0.4 is 9.47 Å². The van der Waals surface area contributed by atoms with E-state index in [9.17, 15) is 0 Å². The maximum atomic E-state index is 6.87. The first kappa shape index (κ1) is 22.5. The first-order chi connectivity index (χ1) is 17.2. The molecule has 3 saturated heterocycles. The minimum atomic E-state index is -0.230. The Kier molecular flexibility index (Phi) is 5.94. The smallest absolute Gasteiger partial charge is 0.242 e. The van der Waals surface area contributed by atoms with Crippen molar-refractivity contribution in [1.82, 2.24) is 20.1 Å². The van der Waals surface area contributed by atoms with Gasteiger partial charge in [0.05, 0.1) is 18.7 Å². The molecule has 5 atom stereocenters. The highest BCUT2D eigenvalue weighted by atomic mass is 35.5. The lowest BCUT2D eigenvalue weighted by Gasteiger charge is -2.51. The summed E-state index contributed by atoms with van der Waals surface area (Å²) >= 11 is 6.37. The summed E-state index contributed by atoms with van der Waals surface area (Å²) in [5.41, 5.74) is 2.02. The summed E-state index contributed by atoms with van der Waals surface area (Å²) in [6, 6.07) is 16.2. The summed E-state index contributed by atoms with van der Waals surface area (Å²) < 4.78 is 12.4. The second kappa shape index (κ2) is 9.25. The highest BCUT2D eigenvalue weighted by Crippen LogP contribution is 2.45. The Morgan fingerprint density at radius 1 is 1.09 bits per heavy atom. The maximum absolute atomic E-state index is 6.87. The van der Waals surface area contributed by atoms with E-state index >= 15 is 0 Å². The quantitative estimate of drug-likeness (QED) is 0.328. The van der Waals surface area contributed by atoms with Crippen molar-refractivity contribution >= 4 is 33.3 Å². The predicted molar refractivity (Wildman–Crippen MR) is 138 cm³/mol. The molecule has 0 spiro atoms. The van der Waals surface area contributed by atoms with Crippen molar-refractivity contribution in [2.75, 3.05) is 20.2 Å². The molecular formula is C28H29ClN4O2. The fraction of sp³-hybridized carbons (Fsp3) is 0.393. The van der Waals surface area contributed by atoms with Gasteiger partial charge in [-0.05, 0) is 61.6 Å². The molecule has 2 aromatic heterocycles. The number of nitrogens with zero attached hydrogens (tertiary/aromatic N) is 4. The van der Waals surface area contributed by atoms with Crippen molar-refractivity contribution in [2.45, 2.75) is 38.3 Å². The fourth-order valence-corrected chi connectivity index (χ4v) is 6.28. The van der Waals surface area contributed by atoms with Crippen LogP contribution in [0.1, 0.15) is 37.9 Å². The third kappa shape index (κ3) is 3.99. The van der Waals surface area contributed by atoms with Crippen molar-refractivity contribution in [3.8, 4) is 11.6 Å². The molecule has 3 aliphatic rings. The van der Waals surface area contributed by atoms with Gasteiger partial charge in [0, 0.05) is 34.5 Å². The average molecular weight is 489 g/mol. The number of halogens is 1. The molecule has 4 aromatic rings. The van der Waals surface area contributed by atoms with Gasteiger partial charge in [-0.25, -0.2) is 0 Å². The number of methoxy groups -OCH3 is 1. The molecule has 0 amide bonds. The molecule has 0 radical (unpaired) electrons. The number of aromatic nitrogens is 3. The van der Waals surface area contributed by atoms with Crippen LogP contribution in [0.15, 0.2) is 54.7 Å². The summed E-state index contributed by atoms with van der Waals surface area (Å²) in [7, 11) is 1.69. The highest BCUT2D eigenvalue weighted by Gasteiger charge is 2.44. The van der Waals surface area contributed by atoms with Crippen LogP contribution in [0.2, 0.25) is 5.15 Å². The van der Waals surface area contributed by atoms with E-state index in [0.29, 0.717) is 11.0 Å². The summed E-state index contributed by atoms with van der Waals surface area (Å²) in [6.45, 7) is 4.53. The largest absolute Gasteiger partial charge is 0.497 e. The number of hydrogen-bond donors (Lipinski definition) is 0. The molecule has 1 unspecified atom stereocenters. The van der Waals surface area contributed by atoms with E-state index in [1.54, 1.807) is 7.11 Å². The van der Waals surface area contributed by atoms with Crippen LogP contribution in [0.3, 0.4) is 0 Å². The SMILES string of the molecule is CC[C@H]1CN2CC[C@H]1C[C@H]2[C@H](Oc1nnc(Cl)c2ccccc12)c1ccnc2ccc(OC)cc12. The molecule has 3 aliphatic heterocycles. The van der Waals surface area contributed by atoms with Gasteiger partial charge in [-0.1, -0.05) is 43.1 Å². The van der Waals surface area contributed by atoms with Gasteiger partial charge in [0.1, 0.15) is 11.9 Å². The zero-order valence-corrected chi connectivity index (χ0v) is 20.8. The second-order valence-electron chi connectivity index (χ2n) is 9.68. The third-order valence-electron chi connectivity index (χ3n) is 7.95. The van der Waals surface area contributed by atoms with Gasteiger partial charge in [-0.3, -0.25) is 9.88 Å². The molecule has 7 heteroatoms. The maximum Gasteiger partial charge on any atom is 0.242 e. The predicted octanol–water partition coefficient (Wildman–Crippen LogP) is 6.08. The number of ether oxygens (including phenoxy) is 2. The molecule has 5 heterocycles. The number of rotatable bonds is 6. The van der Waals surface area contributed by atoms with Crippen LogP contribution in [-0.2, 0) is 0 Å². The highest BCUT2D eigenvalue weighted by molar-refractivity contribution is 6.34. The van der Waals surface area contributed by atoms with Crippen molar-refractivity contribution in [3.05, 3.63) is 65.4 Å². The zero-order valence-electron chi connectivity index (χ0n) is 20.0. The van der Waals surface area contributed by atoms with Crippen LogP contribution in [0.4, 0.5) is 0 Å². The Balaban J connectivity index is 1.49. The van der Waals surface area contributed by atoms with Gasteiger partial charge in [0.25, 0.3) is 0 Å². The molecule has 180 valence electrons. The second-order valence-corrected chi connectivity index (χ2v) is 10.0. The Labute approximate surface area is 210 Å². The minimum Gasteiger partial charge on any atom is -0.497 e. The van der Waals surface area contributed by atoms with Crippen LogP contribution in [0, 0.1) is 11.8 Å². The molecule has 7 rings (SSSR count). The van der Waals surface area contributed by atoms with Crippen LogP contribution in [0.5, 0.6) is 11.6 Å². The normalized spacial score (nSPS) is 24.5. The first-order valence-electron chi connectivity index (χ1n) is 12.4. The van der Waals surface area contributed by atoms with Crippen molar-refractivity contribution in [3.63, 3.8) is 0 Å². The monoisotopic (exact) mass is 488 g/mol.